The molecule has 0 aliphatic heterocycles. The minimum absolute atomic E-state index is 0.496. The molecule has 0 spiro atoms. The lowest BCUT2D eigenvalue weighted by Gasteiger charge is -2.17. The molecule has 3 heterocycles. The van der Waals surface area contributed by atoms with Crippen molar-refractivity contribution >= 4 is 24.8 Å². The molecule has 0 atom stereocenters. The Labute approximate surface area is 167 Å². The molecule has 0 saturated heterocycles. The van der Waals surface area contributed by atoms with E-state index in [2.05, 4.69) is 46.8 Å². The van der Waals surface area contributed by atoms with E-state index in [-0.39, 0.29) is 0 Å². The molecule has 1 fully saturated rings. The van der Waals surface area contributed by atoms with Crippen LogP contribution in [0.25, 0.3) is 22.5 Å². The molecule has 28 heavy (non-hydrogen) atoms. The number of pyridine rings is 1. The second-order valence-electron chi connectivity index (χ2n) is 8.88. The minimum Gasteiger partial charge on any atom is -0.444 e. The molecule has 0 unspecified atom stereocenters. The van der Waals surface area contributed by atoms with E-state index in [4.69, 9.17) is 14.1 Å². The molecule has 0 aromatic carbocycles. The van der Waals surface area contributed by atoms with E-state index in [0.29, 0.717) is 18.7 Å². The molecule has 0 bridgehead atoms. The molecule has 1 aliphatic rings. The number of nitrogens with one attached hydrogen (secondary N) is 1. The SMILES string of the molecule is C[Si](C)(C)CCOCn1ccc2c(NC3CCCC3)c(-c3ncco3)cnc21. The minimum atomic E-state index is -1.08. The largest absolute Gasteiger partial charge is 0.444 e. The fourth-order valence-corrected chi connectivity index (χ4v) is 4.49. The van der Waals surface area contributed by atoms with Crippen LogP contribution in [-0.2, 0) is 11.5 Å². The van der Waals surface area contributed by atoms with Crippen LogP contribution < -0.4 is 5.32 Å². The molecular weight excluding hydrogens is 368 g/mol. The molecule has 1 saturated carbocycles. The van der Waals surface area contributed by atoms with Crippen LogP contribution in [0, 0.1) is 0 Å². The molecule has 150 valence electrons. The number of fused-ring (bicyclic) bond motifs is 1. The Kier molecular flexibility index (Phi) is 5.55. The average Bonchev–Trinajstić information content (AvgIpc) is 3.40. The number of hydrogen-bond acceptors (Lipinski definition) is 5. The Hall–Kier alpha value is -2.12. The van der Waals surface area contributed by atoms with Crippen molar-refractivity contribution in [3.8, 4) is 11.5 Å². The van der Waals surface area contributed by atoms with E-state index in [1.165, 1.54) is 31.7 Å². The number of hydrogen-bond donors (Lipinski definition) is 1. The predicted octanol–water partition coefficient (Wildman–Crippen LogP) is 5.36. The van der Waals surface area contributed by atoms with E-state index in [0.717, 1.165) is 28.9 Å². The van der Waals surface area contributed by atoms with Crippen LogP contribution in [0.4, 0.5) is 5.69 Å². The fraction of sp³-hybridized carbons (Fsp3) is 0.524. The molecule has 0 amide bonds. The first kappa shape index (κ1) is 19.2. The summed E-state index contributed by atoms with van der Waals surface area (Å²) in [5.41, 5.74) is 2.92. The van der Waals surface area contributed by atoms with Gasteiger partial charge in [-0.3, -0.25) is 0 Å². The Morgan fingerprint density at radius 2 is 2.07 bits per heavy atom. The molecule has 4 rings (SSSR count). The van der Waals surface area contributed by atoms with Gasteiger partial charge in [0.05, 0.1) is 17.4 Å². The first-order valence-electron chi connectivity index (χ1n) is 10.2. The lowest BCUT2D eigenvalue weighted by molar-refractivity contribution is 0.0899. The van der Waals surface area contributed by atoms with Crippen molar-refractivity contribution in [3.05, 3.63) is 30.9 Å². The third kappa shape index (κ3) is 4.30. The highest BCUT2D eigenvalue weighted by Gasteiger charge is 2.21. The van der Waals surface area contributed by atoms with Crippen LogP contribution in [0.15, 0.2) is 35.3 Å². The van der Waals surface area contributed by atoms with E-state index >= 15 is 0 Å². The highest BCUT2D eigenvalue weighted by molar-refractivity contribution is 6.76. The number of anilines is 1. The lowest BCUT2D eigenvalue weighted by atomic mass is 10.1. The summed E-state index contributed by atoms with van der Waals surface area (Å²) in [6.45, 7) is 8.44. The second-order valence-corrected chi connectivity index (χ2v) is 14.5. The zero-order valence-electron chi connectivity index (χ0n) is 17.1. The van der Waals surface area contributed by atoms with Gasteiger partial charge in [-0.05, 0) is 25.0 Å². The highest BCUT2D eigenvalue weighted by Crippen LogP contribution is 2.35. The van der Waals surface area contributed by atoms with Crippen LogP contribution in [0.1, 0.15) is 25.7 Å². The maximum atomic E-state index is 5.94. The van der Waals surface area contributed by atoms with Crippen LogP contribution in [0.2, 0.25) is 25.7 Å². The van der Waals surface area contributed by atoms with Crippen molar-refractivity contribution in [3.63, 3.8) is 0 Å². The molecule has 1 aliphatic carbocycles. The smallest absolute Gasteiger partial charge is 0.229 e. The lowest BCUT2D eigenvalue weighted by Crippen LogP contribution is -2.22. The summed E-state index contributed by atoms with van der Waals surface area (Å²) in [4.78, 5) is 9.06. The van der Waals surface area contributed by atoms with Crippen LogP contribution >= 0.6 is 0 Å². The summed E-state index contributed by atoms with van der Waals surface area (Å²) in [6.07, 6.45) is 12.2. The van der Waals surface area contributed by atoms with Gasteiger partial charge in [-0.1, -0.05) is 32.5 Å². The maximum Gasteiger partial charge on any atom is 0.229 e. The Bertz CT molecular complexity index is 909. The molecule has 0 radical (unpaired) electrons. The summed E-state index contributed by atoms with van der Waals surface area (Å²) in [7, 11) is -1.08. The fourth-order valence-electron chi connectivity index (χ4n) is 3.73. The maximum absolute atomic E-state index is 5.94. The van der Waals surface area contributed by atoms with Crippen LogP contribution in [0.3, 0.4) is 0 Å². The highest BCUT2D eigenvalue weighted by atomic mass is 28.3. The molecular formula is C21H30N4O2Si. The normalized spacial score (nSPS) is 15.5. The quantitative estimate of drug-likeness (QED) is 0.409. The van der Waals surface area contributed by atoms with Crippen molar-refractivity contribution in [2.45, 2.75) is 64.1 Å². The summed E-state index contributed by atoms with van der Waals surface area (Å²) in [5, 5.41) is 4.85. The van der Waals surface area contributed by atoms with Gasteiger partial charge in [-0.2, -0.15) is 0 Å². The van der Waals surface area contributed by atoms with Crippen LogP contribution in [-0.4, -0.2) is 35.3 Å². The van der Waals surface area contributed by atoms with Crippen molar-refractivity contribution in [1.82, 2.24) is 14.5 Å². The molecule has 1 N–H and O–H groups in total. The van der Waals surface area contributed by atoms with Gasteiger partial charge >= 0.3 is 0 Å². The summed E-state index contributed by atoms with van der Waals surface area (Å²) < 4.78 is 13.6. The zero-order valence-corrected chi connectivity index (χ0v) is 18.1. The van der Waals surface area contributed by atoms with Gasteiger partial charge in [-0.15, -0.1) is 0 Å². The van der Waals surface area contributed by atoms with Crippen LogP contribution in [0.5, 0.6) is 0 Å². The Balaban J connectivity index is 1.61. The Morgan fingerprint density at radius 1 is 1.25 bits per heavy atom. The van der Waals surface area contributed by atoms with Gasteiger partial charge in [0.1, 0.15) is 18.6 Å². The monoisotopic (exact) mass is 398 g/mol. The van der Waals surface area contributed by atoms with Crippen molar-refractivity contribution in [1.29, 1.82) is 0 Å². The van der Waals surface area contributed by atoms with Gasteiger partial charge in [0.25, 0.3) is 0 Å². The van der Waals surface area contributed by atoms with Gasteiger partial charge in [-0.25, -0.2) is 9.97 Å². The number of ether oxygens (including phenoxy) is 1. The first-order chi connectivity index (χ1) is 13.5. The number of aromatic nitrogens is 3. The van der Waals surface area contributed by atoms with E-state index in [1.807, 2.05) is 6.20 Å². The summed E-state index contributed by atoms with van der Waals surface area (Å²) in [5.74, 6) is 0.606. The van der Waals surface area contributed by atoms with E-state index in [9.17, 15) is 0 Å². The number of nitrogens with zero attached hydrogens (tertiary/aromatic N) is 3. The Morgan fingerprint density at radius 3 is 2.79 bits per heavy atom. The first-order valence-corrected chi connectivity index (χ1v) is 13.9. The standard InChI is InChI=1S/C21H30N4O2Si/c1-28(2,3)13-12-26-15-25-10-8-17-19(24-16-6-4-5-7-16)18(14-23-20(17)25)21-22-9-11-27-21/h8-11,14,16H,4-7,12-13,15H2,1-3H3,(H,23,24). The third-order valence-corrected chi connectivity index (χ3v) is 7.09. The summed E-state index contributed by atoms with van der Waals surface area (Å²) in [6, 6.07) is 3.78. The van der Waals surface area contributed by atoms with Crippen molar-refractivity contribution in [2.24, 2.45) is 0 Å². The van der Waals surface area contributed by atoms with Crippen molar-refractivity contribution in [2.75, 3.05) is 11.9 Å². The molecule has 3 aromatic heterocycles. The molecule has 7 heteroatoms. The third-order valence-electron chi connectivity index (χ3n) is 5.38. The van der Waals surface area contributed by atoms with Gasteiger partial charge in [0, 0.05) is 38.5 Å². The van der Waals surface area contributed by atoms with E-state index in [1.54, 1.807) is 12.5 Å². The number of oxazole rings is 1. The second kappa shape index (κ2) is 8.09. The van der Waals surface area contributed by atoms with Gasteiger partial charge in [0.15, 0.2) is 0 Å². The van der Waals surface area contributed by atoms with Gasteiger partial charge in [0.2, 0.25) is 5.89 Å². The zero-order chi connectivity index (χ0) is 19.6. The topological polar surface area (TPSA) is 65.1 Å². The van der Waals surface area contributed by atoms with Gasteiger partial charge < -0.3 is 19.0 Å². The van der Waals surface area contributed by atoms with Crippen molar-refractivity contribution < 1.29 is 9.15 Å². The number of rotatable bonds is 8. The average molecular weight is 399 g/mol. The molecule has 3 aromatic rings. The summed E-state index contributed by atoms with van der Waals surface area (Å²) >= 11 is 0. The predicted molar refractivity (Wildman–Crippen MR) is 115 cm³/mol. The van der Waals surface area contributed by atoms with E-state index < -0.39 is 8.07 Å². The molecule has 6 nitrogen and oxygen atoms in total.